The smallest absolute Gasteiger partial charge is 0.274 e. The molecular weight excluding hydrogens is 350 g/mol. The first-order valence-electron chi connectivity index (χ1n) is 8.99. The minimum absolute atomic E-state index is 0.280. The number of carbonyl (C=O) groups is 1. The summed E-state index contributed by atoms with van der Waals surface area (Å²) >= 11 is 0. The summed E-state index contributed by atoms with van der Waals surface area (Å²) in [5, 5.41) is 15.0. The third kappa shape index (κ3) is 4.51. The lowest BCUT2D eigenvalue weighted by atomic mass is 10.0. The van der Waals surface area contributed by atoms with Gasteiger partial charge in [-0.15, -0.1) is 0 Å². The van der Waals surface area contributed by atoms with Crippen molar-refractivity contribution in [2.45, 2.75) is 26.7 Å². The van der Waals surface area contributed by atoms with E-state index in [0.717, 1.165) is 16.9 Å². The predicted octanol–water partition coefficient (Wildman–Crippen LogP) is 4.78. The first kappa shape index (κ1) is 19.1. The van der Waals surface area contributed by atoms with Gasteiger partial charge >= 0.3 is 0 Å². The van der Waals surface area contributed by atoms with Gasteiger partial charge in [-0.3, -0.25) is 4.79 Å². The van der Waals surface area contributed by atoms with Gasteiger partial charge in [0.05, 0.1) is 11.6 Å². The van der Waals surface area contributed by atoms with Crippen LogP contribution in [0.15, 0.2) is 54.6 Å². The minimum atomic E-state index is -0.290. The third-order valence-electron chi connectivity index (χ3n) is 4.19. The second-order valence-corrected chi connectivity index (χ2v) is 6.70. The molecule has 1 amide bonds. The average Bonchev–Trinajstić information content (AvgIpc) is 2.68. The number of nitrogens with zero attached hydrogens (tertiary/aromatic N) is 3. The number of nitriles is 1. The van der Waals surface area contributed by atoms with E-state index in [0.29, 0.717) is 17.2 Å². The highest BCUT2D eigenvalue weighted by Gasteiger charge is 2.14. The van der Waals surface area contributed by atoms with Gasteiger partial charge in [-0.05, 0) is 48.7 Å². The van der Waals surface area contributed by atoms with Crippen LogP contribution in [0.3, 0.4) is 0 Å². The molecule has 1 heterocycles. The van der Waals surface area contributed by atoms with Crippen molar-refractivity contribution in [2.24, 2.45) is 0 Å². The number of anilines is 3. The van der Waals surface area contributed by atoms with Crippen molar-refractivity contribution in [1.29, 1.82) is 5.26 Å². The van der Waals surface area contributed by atoms with Crippen LogP contribution < -0.4 is 10.6 Å². The molecule has 0 radical (unpaired) electrons. The van der Waals surface area contributed by atoms with Gasteiger partial charge in [0, 0.05) is 17.4 Å². The van der Waals surface area contributed by atoms with E-state index in [1.807, 2.05) is 24.3 Å². The summed E-state index contributed by atoms with van der Waals surface area (Å²) in [6.45, 7) is 5.90. The molecule has 2 aromatic carbocycles. The number of aromatic nitrogens is 2. The first-order valence-corrected chi connectivity index (χ1v) is 8.99. The SMILES string of the molecule is Cc1nc(Nc2ccc(C#N)cc2)cc(C(=O)Nc2ccccc2C(C)C)n1. The van der Waals surface area contributed by atoms with Gasteiger partial charge in [-0.25, -0.2) is 9.97 Å². The Kier molecular flexibility index (Phi) is 5.66. The summed E-state index contributed by atoms with van der Waals surface area (Å²) in [5.41, 5.74) is 3.47. The van der Waals surface area contributed by atoms with Crippen LogP contribution in [0.25, 0.3) is 0 Å². The van der Waals surface area contributed by atoms with Crippen LogP contribution in [0, 0.1) is 18.3 Å². The molecule has 0 saturated heterocycles. The number of benzene rings is 2. The van der Waals surface area contributed by atoms with Crippen LogP contribution in [-0.2, 0) is 0 Å². The van der Waals surface area contributed by atoms with Crippen LogP contribution in [0.1, 0.15) is 47.2 Å². The molecule has 6 heteroatoms. The normalized spacial score (nSPS) is 10.4. The lowest BCUT2D eigenvalue weighted by Gasteiger charge is -2.14. The van der Waals surface area contributed by atoms with E-state index in [2.05, 4.69) is 40.5 Å². The third-order valence-corrected chi connectivity index (χ3v) is 4.19. The summed E-state index contributed by atoms with van der Waals surface area (Å²) in [5.74, 6) is 0.999. The molecule has 0 aliphatic carbocycles. The van der Waals surface area contributed by atoms with E-state index in [4.69, 9.17) is 5.26 Å². The molecule has 0 bridgehead atoms. The molecule has 0 aliphatic heterocycles. The fourth-order valence-electron chi connectivity index (χ4n) is 2.82. The van der Waals surface area contributed by atoms with E-state index < -0.39 is 0 Å². The van der Waals surface area contributed by atoms with Crippen LogP contribution in [0.5, 0.6) is 0 Å². The topological polar surface area (TPSA) is 90.7 Å². The fraction of sp³-hybridized carbons (Fsp3) is 0.182. The van der Waals surface area contributed by atoms with Gasteiger partial charge in [0.15, 0.2) is 0 Å². The largest absolute Gasteiger partial charge is 0.340 e. The molecule has 3 aromatic rings. The Morgan fingerprint density at radius 2 is 1.79 bits per heavy atom. The Hall–Kier alpha value is -3.72. The van der Waals surface area contributed by atoms with Gasteiger partial charge in [-0.2, -0.15) is 5.26 Å². The maximum atomic E-state index is 12.8. The van der Waals surface area contributed by atoms with Crippen molar-refractivity contribution >= 4 is 23.1 Å². The zero-order valence-corrected chi connectivity index (χ0v) is 16.0. The molecule has 0 aliphatic rings. The summed E-state index contributed by atoms with van der Waals surface area (Å²) in [4.78, 5) is 21.4. The van der Waals surface area contributed by atoms with Crippen molar-refractivity contribution in [1.82, 2.24) is 9.97 Å². The fourth-order valence-corrected chi connectivity index (χ4v) is 2.82. The van der Waals surface area contributed by atoms with Gasteiger partial charge in [0.2, 0.25) is 0 Å². The molecule has 3 rings (SSSR count). The molecule has 0 fully saturated rings. The van der Waals surface area contributed by atoms with Crippen molar-refractivity contribution in [2.75, 3.05) is 10.6 Å². The molecule has 0 atom stereocenters. The summed E-state index contributed by atoms with van der Waals surface area (Å²) in [6, 6.07) is 18.4. The average molecular weight is 371 g/mol. The molecule has 140 valence electrons. The van der Waals surface area contributed by atoms with Gasteiger partial charge < -0.3 is 10.6 Å². The van der Waals surface area contributed by atoms with E-state index in [9.17, 15) is 4.79 Å². The quantitative estimate of drug-likeness (QED) is 0.674. The second kappa shape index (κ2) is 8.31. The molecule has 2 N–H and O–H groups in total. The maximum Gasteiger partial charge on any atom is 0.274 e. The number of carbonyl (C=O) groups excluding carboxylic acids is 1. The van der Waals surface area contributed by atoms with Crippen molar-refractivity contribution < 1.29 is 4.79 Å². The molecule has 0 spiro atoms. The van der Waals surface area contributed by atoms with E-state index in [1.54, 1.807) is 37.3 Å². The number of amides is 1. The predicted molar refractivity (Wildman–Crippen MR) is 110 cm³/mol. The lowest BCUT2D eigenvalue weighted by Crippen LogP contribution is -2.16. The van der Waals surface area contributed by atoms with Crippen molar-refractivity contribution in [3.63, 3.8) is 0 Å². The van der Waals surface area contributed by atoms with E-state index >= 15 is 0 Å². The summed E-state index contributed by atoms with van der Waals surface area (Å²) in [7, 11) is 0. The van der Waals surface area contributed by atoms with Crippen LogP contribution in [0.2, 0.25) is 0 Å². The molecular formula is C22H21N5O. The lowest BCUT2D eigenvalue weighted by molar-refractivity contribution is 0.102. The highest BCUT2D eigenvalue weighted by Crippen LogP contribution is 2.24. The molecule has 28 heavy (non-hydrogen) atoms. The number of nitrogens with one attached hydrogen (secondary N) is 2. The second-order valence-electron chi connectivity index (χ2n) is 6.70. The van der Waals surface area contributed by atoms with Gasteiger partial charge in [-0.1, -0.05) is 32.0 Å². The Balaban J connectivity index is 1.82. The minimum Gasteiger partial charge on any atom is -0.340 e. The maximum absolute atomic E-state index is 12.8. The first-order chi connectivity index (χ1) is 13.5. The van der Waals surface area contributed by atoms with Crippen LogP contribution in [0.4, 0.5) is 17.2 Å². The van der Waals surface area contributed by atoms with E-state index in [1.165, 1.54) is 0 Å². The Labute approximate surface area is 164 Å². The summed E-state index contributed by atoms with van der Waals surface area (Å²) < 4.78 is 0. The highest BCUT2D eigenvalue weighted by molar-refractivity contribution is 6.03. The summed E-state index contributed by atoms with van der Waals surface area (Å²) in [6.07, 6.45) is 0. The highest BCUT2D eigenvalue weighted by atomic mass is 16.1. The van der Waals surface area contributed by atoms with Gasteiger partial charge in [0.1, 0.15) is 17.3 Å². The zero-order chi connectivity index (χ0) is 20.1. The van der Waals surface area contributed by atoms with Crippen LogP contribution in [-0.4, -0.2) is 15.9 Å². The standard InChI is InChI=1S/C22H21N5O/c1-14(2)18-6-4-5-7-19(18)27-22(28)20-12-21(25-15(3)24-20)26-17-10-8-16(13-23)9-11-17/h4-12,14H,1-3H3,(H,27,28)(H,24,25,26). The molecule has 0 unspecified atom stereocenters. The van der Waals surface area contributed by atoms with Gasteiger partial charge in [0.25, 0.3) is 5.91 Å². The Morgan fingerprint density at radius 1 is 1.07 bits per heavy atom. The zero-order valence-electron chi connectivity index (χ0n) is 16.0. The number of aryl methyl sites for hydroxylation is 1. The van der Waals surface area contributed by atoms with E-state index in [-0.39, 0.29) is 17.5 Å². The number of hydrogen-bond acceptors (Lipinski definition) is 5. The molecule has 1 aromatic heterocycles. The number of rotatable bonds is 5. The number of hydrogen-bond donors (Lipinski definition) is 2. The molecule has 0 saturated carbocycles. The van der Waals surface area contributed by atoms with Crippen LogP contribution >= 0.6 is 0 Å². The number of para-hydroxylation sites is 1. The van der Waals surface area contributed by atoms with Crippen molar-refractivity contribution in [3.05, 3.63) is 77.2 Å². The Morgan fingerprint density at radius 3 is 2.46 bits per heavy atom. The molecule has 6 nitrogen and oxygen atoms in total. The Bertz CT molecular complexity index is 1040. The van der Waals surface area contributed by atoms with Crippen molar-refractivity contribution in [3.8, 4) is 6.07 Å². The monoisotopic (exact) mass is 371 g/mol.